The SMILES string of the molecule is COc1ccc(-c2cc3nc(N)nc(N)c3c3cc[nH]c23)c(OC)c1. The van der Waals surface area contributed by atoms with Crippen LogP contribution in [0.2, 0.25) is 0 Å². The van der Waals surface area contributed by atoms with Crippen molar-refractivity contribution in [3.63, 3.8) is 0 Å². The van der Waals surface area contributed by atoms with Crippen molar-refractivity contribution < 1.29 is 9.47 Å². The second-order valence-corrected chi connectivity index (χ2v) is 5.62. The Balaban J connectivity index is 2.10. The molecule has 126 valence electrons. The van der Waals surface area contributed by atoms with E-state index in [0.717, 1.165) is 33.2 Å². The molecule has 0 aliphatic carbocycles. The highest BCUT2D eigenvalue weighted by Crippen LogP contribution is 2.40. The van der Waals surface area contributed by atoms with Gasteiger partial charge in [0.15, 0.2) is 0 Å². The van der Waals surface area contributed by atoms with Crippen LogP contribution in [0.3, 0.4) is 0 Å². The molecule has 7 heteroatoms. The lowest BCUT2D eigenvalue weighted by Crippen LogP contribution is -2.01. The van der Waals surface area contributed by atoms with E-state index >= 15 is 0 Å². The van der Waals surface area contributed by atoms with E-state index in [1.165, 1.54) is 0 Å². The summed E-state index contributed by atoms with van der Waals surface area (Å²) < 4.78 is 10.8. The number of methoxy groups -OCH3 is 2. The van der Waals surface area contributed by atoms with E-state index in [2.05, 4.69) is 15.0 Å². The van der Waals surface area contributed by atoms with Crippen LogP contribution in [0.4, 0.5) is 11.8 Å². The smallest absolute Gasteiger partial charge is 0.222 e. The average Bonchev–Trinajstić information content (AvgIpc) is 3.09. The summed E-state index contributed by atoms with van der Waals surface area (Å²) in [5.74, 6) is 1.93. The number of ether oxygens (including phenoxy) is 2. The van der Waals surface area contributed by atoms with Gasteiger partial charge in [0.25, 0.3) is 0 Å². The number of hydrogen-bond acceptors (Lipinski definition) is 6. The molecule has 0 spiro atoms. The first-order chi connectivity index (χ1) is 12.1. The van der Waals surface area contributed by atoms with Crippen molar-refractivity contribution in [3.05, 3.63) is 36.5 Å². The minimum atomic E-state index is 0.146. The van der Waals surface area contributed by atoms with Crippen LogP contribution in [-0.4, -0.2) is 29.2 Å². The van der Waals surface area contributed by atoms with Crippen molar-refractivity contribution in [3.8, 4) is 22.6 Å². The van der Waals surface area contributed by atoms with Gasteiger partial charge in [-0.05, 0) is 24.3 Å². The lowest BCUT2D eigenvalue weighted by Gasteiger charge is -2.13. The maximum absolute atomic E-state index is 6.08. The third-order valence-electron chi connectivity index (χ3n) is 4.25. The third-order valence-corrected chi connectivity index (χ3v) is 4.25. The summed E-state index contributed by atoms with van der Waals surface area (Å²) >= 11 is 0. The minimum Gasteiger partial charge on any atom is -0.497 e. The summed E-state index contributed by atoms with van der Waals surface area (Å²) in [6, 6.07) is 9.57. The first kappa shape index (κ1) is 15.1. The molecule has 4 rings (SSSR count). The molecule has 25 heavy (non-hydrogen) atoms. The Labute approximate surface area is 143 Å². The fraction of sp³-hybridized carbons (Fsp3) is 0.111. The van der Waals surface area contributed by atoms with Gasteiger partial charge >= 0.3 is 0 Å². The zero-order valence-corrected chi connectivity index (χ0v) is 13.8. The number of aromatic amines is 1. The van der Waals surface area contributed by atoms with E-state index in [9.17, 15) is 0 Å². The van der Waals surface area contributed by atoms with E-state index < -0.39 is 0 Å². The average molecular weight is 335 g/mol. The largest absolute Gasteiger partial charge is 0.497 e. The number of anilines is 2. The maximum atomic E-state index is 6.08. The fourth-order valence-corrected chi connectivity index (χ4v) is 3.14. The molecule has 0 saturated heterocycles. The lowest BCUT2D eigenvalue weighted by atomic mass is 9.99. The highest BCUT2D eigenvalue weighted by atomic mass is 16.5. The van der Waals surface area contributed by atoms with E-state index in [1.54, 1.807) is 14.2 Å². The van der Waals surface area contributed by atoms with Gasteiger partial charge in [-0.2, -0.15) is 4.98 Å². The number of H-pyrrole nitrogens is 1. The lowest BCUT2D eigenvalue weighted by molar-refractivity contribution is 0.395. The Bertz CT molecular complexity index is 1100. The molecule has 0 amide bonds. The van der Waals surface area contributed by atoms with Crippen molar-refractivity contribution in [2.45, 2.75) is 0 Å². The number of benzene rings is 2. The van der Waals surface area contributed by atoms with Crippen LogP contribution < -0.4 is 20.9 Å². The third kappa shape index (κ3) is 2.28. The Morgan fingerprint density at radius 1 is 0.960 bits per heavy atom. The standard InChI is InChI=1S/C18H17N5O2/c1-24-9-3-4-10(14(7-9)25-2)12-8-13-15(11-5-6-21-16(11)12)17(19)23-18(20)22-13/h3-8,21H,1-2H3,(H4,19,20,22,23). The molecule has 0 atom stereocenters. The first-order valence-electron chi connectivity index (χ1n) is 7.67. The molecule has 0 unspecified atom stereocenters. The molecule has 4 aromatic rings. The second-order valence-electron chi connectivity index (χ2n) is 5.62. The van der Waals surface area contributed by atoms with Gasteiger partial charge in [-0.25, -0.2) is 4.98 Å². The monoisotopic (exact) mass is 335 g/mol. The number of hydrogen-bond donors (Lipinski definition) is 3. The van der Waals surface area contributed by atoms with Crippen LogP contribution in [-0.2, 0) is 0 Å². The van der Waals surface area contributed by atoms with Gasteiger partial charge in [-0.15, -0.1) is 0 Å². The Hall–Kier alpha value is -3.48. The summed E-state index contributed by atoms with van der Waals surface area (Å²) in [4.78, 5) is 11.7. The zero-order valence-electron chi connectivity index (χ0n) is 13.8. The number of nitrogens with zero attached hydrogens (tertiary/aromatic N) is 2. The van der Waals surface area contributed by atoms with Crippen molar-refractivity contribution in [1.82, 2.24) is 15.0 Å². The van der Waals surface area contributed by atoms with E-state index in [0.29, 0.717) is 17.1 Å². The van der Waals surface area contributed by atoms with E-state index in [4.69, 9.17) is 20.9 Å². The highest BCUT2D eigenvalue weighted by molar-refractivity contribution is 6.15. The molecular formula is C18H17N5O2. The molecular weight excluding hydrogens is 318 g/mol. The number of fused-ring (bicyclic) bond motifs is 3. The van der Waals surface area contributed by atoms with E-state index in [1.807, 2.05) is 36.5 Å². The summed E-state index contributed by atoms with van der Waals surface area (Å²) in [5, 5.41) is 1.71. The van der Waals surface area contributed by atoms with Gasteiger partial charge in [0.05, 0.1) is 30.6 Å². The van der Waals surface area contributed by atoms with Crippen LogP contribution in [0.15, 0.2) is 36.5 Å². The van der Waals surface area contributed by atoms with Crippen molar-refractivity contribution >= 4 is 33.6 Å². The van der Waals surface area contributed by atoms with Crippen molar-refractivity contribution in [2.75, 3.05) is 25.7 Å². The summed E-state index contributed by atoms with van der Waals surface area (Å²) in [5.41, 5.74) is 15.3. The molecule has 0 aliphatic rings. The Morgan fingerprint density at radius 2 is 1.80 bits per heavy atom. The maximum Gasteiger partial charge on any atom is 0.222 e. The topological polar surface area (TPSA) is 112 Å². The number of nitrogens with one attached hydrogen (secondary N) is 1. The number of nitrogens with two attached hydrogens (primary N) is 2. The summed E-state index contributed by atoms with van der Waals surface area (Å²) in [7, 11) is 3.25. The molecule has 0 saturated carbocycles. The zero-order chi connectivity index (χ0) is 17.6. The van der Waals surface area contributed by atoms with Gasteiger partial charge in [0.2, 0.25) is 5.95 Å². The molecule has 2 aromatic heterocycles. The summed E-state index contributed by atoms with van der Waals surface area (Å²) in [6.45, 7) is 0. The van der Waals surface area contributed by atoms with E-state index in [-0.39, 0.29) is 5.95 Å². The minimum absolute atomic E-state index is 0.146. The number of rotatable bonds is 3. The van der Waals surface area contributed by atoms with Crippen LogP contribution in [0.1, 0.15) is 0 Å². The normalized spacial score (nSPS) is 11.1. The molecule has 2 heterocycles. The van der Waals surface area contributed by atoms with Gasteiger partial charge in [-0.3, -0.25) is 0 Å². The number of aromatic nitrogens is 3. The Morgan fingerprint density at radius 3 is 2.56 bits per heavy atom. The molecule has 0 fully saturated rings. The second kappa shape index (κ2) is 5.55. The van der Waals surface area contributed by atoms with Crippen molar-refractivity contribution in [2.24, 2.45) is 0 Å². The highest BCUT2D eigenvalue weighted by Gasteiger charge is 2.16. The Kier molecular flexibility index (Phi) is 3.35. The number of nitrogen functional groups attached to an aromatic ring is 2. The summed E-state index contributed by atoms with van der Waals surface area (Å²) in [6.07, 6.45) is 1.86. The predicted molar refractivity (Wildman–Crippen MR) is 98.8 cm³/mol. The molecule has 5 N–H and O–H groups in total. The first-order valence-corrected chi connectivity index (χ1v) is 7.67. The van der Waals surface area contributed by atoms with Gasteiger partial charge < -0.3 is 25.9 Å². The van der Waals surface area contributed by atoms with Crippen LogP contribution in [0.25, 0.3) is 32.9 Å². The quantitative estimate of drug-likeness (QED) is 0.530. The predicted octanol–water partition coefficient (Wildman–Crippen LogP) is 2.96. The molecule has 0 radical (unpaired) electrons. The molecule has 7 nitrogen and oxygen atoms in total. The molecule has 0 aliphatic heterocycles. The van der Waals surface area contributed by atoms with Gasteiger partial charge in [0, 0.05) is 28.8 Å². The van der Waals surface area contributed by atoms with Gasteiger partial charge in [0.1, 0.15) is 17.3 Å². The van der Waals surface area contributed by atoms with Gasteiger partial charge in [-0.1, -0.05) is 0 Å². The fourth-order valence-electron chi connectivity index (χ4n) is 3.14. The molecule has 0 bridgehead atoms. The van der Waals surface area contributed by atoms with Crippen LogP contribution >= 0.6 is 0 Å². The van der Waals surface area contributed by atoms with Crippen molar-refractivity contribution in [1.29, 1.82) is 0 Å². The van der Waals surface area contributed by atoms with Crippen LogP contribution in [0.5, 0.6) is 11.5 Å². The van der Waals surface area contributed by atoms with Crippen LogP contribution in [0, 0.1) is 0 Å². The molecule has 2 aromatic carbocycles.